The molecule has 0 aliphatic heterocycles. The van der Waals surface area contributed by atoms with E-state index in [4.69, 9.17) is 4.99 Å². The minimum atomic E-state index is -0.854. The van der Waals surface area contributed by atoms with Crippen molar-refractivity contribution in [3.63, 3.8) is 0 Å². The number of hydrogen-bond donors (Lipinski definition) is 1. The molecule has 1 N–H and O–H groups in total. The molecule has 0 aliphatic rings. The number of aromatic hydroxyl groups is 1. The highest BCUT2D eigenvalue weighted by Crippen LogP contribution is 2.40. The SMILES string of the molecule is CC(C)(C)c1cc(C=Nc2cc3ccccc3cc2P(c2ccccc2)c2ccccc2)c(O)c(C(C)(C)C)c1. The van der Waals surface area contributed by atoms with E-state index in [9.17, 15) is 5.11 Å². The summed E-state index contributed by atoms with van der Waals surface area (Å²) >= 11 is 0. The molecule has 0 amide bonds. The van der Waals surface area contributed by atoms with Gasteiger partial charge in [0.15, 0.2) is 0 Å². The molecule has 0 spiro atoms. The van der Waals surface area contributed by atoms with Crippen LogP contribution in [0.2, 0.25) is 0 Å². The third kappa shape index (κ3) is 5.88. The van der Waals surface area contributed by atoms with E-state index in [-0.39, 0.29) is 10.8 Å². The zero-order chi connectivity index (χ0) is 28.5. The Morgan fingerprint density at radius 3 is 1.68 bits per heavy atom. The van der Waals surface area contributed by atoms with E-state index in [1.54, 1.807) is 0 Å². The summed E-state index contributed by atoms with van der Waals surface area (Å²) in [5.74, 6) is 0.306. The van der Waals surface area contributed by atoms with Gasteiger partial charge in [-0.05, 0) is 63.9 Å². The van der Waals surface area contributed by atoms with Gasteiger partial charge in [0.25, 0.3) is 0 Å². The molecule has 0 atom stereocenters. The topological polar surface area (TPSA) is 32.6 Å². The zero-order valence-corrected chi connectivity index (χ0v) is 25.2. The average Bonchev–Trinajstić information content (AvgIpc) is 2.92. The molecule has 0 saturated heterocycles. The van der Waals surface area contributed by atoms with Gasteiger partial charge >= 0.3 is 0 Å². The smallest absolute Gasteiger partial charge is 0.128 e. The second kappa shape index (κ2) is 11.0. The number of phenols is 1. The van der Waals surface area contributed by atoms with E-state index >= 15 is 0 Å². The molecule has 0 aliphatic carbocycles. The number of fused-ring (bicyclic) bond motifs is 1. The minimum absolute atomic E-state index is 0.0562. The summed E-state index contributed by atoms with van der Waals surface area (Å²) in [6.07, 6.45) is 1.86. The summed E-state index contributed by atoms with van der Waals surface area (Å²) in [6.45, 7) is 13.1. The number of nitrogens with zero attached hydrogens (tertiary/aromatic N) is 1. The Balaban J connectivity index is 1.74. The Morgan fingerprint density at radius 1 is 0.625 bits per heavy atom. The molecule has 0 radical (unpaired) electrons. The first kappa shape index (κ1) is 27.8. The van der Waals surface area contributed by atoms with Crippen LogP contribution in [0.25, 0.3) is 10.8 Å². The highest BCUT2D eigenvalue weighted by atomic mass is 31.1. The van der Waals surface area contributed by atoms with Crippen molar-refractivity contribution in [1.82, 2.24) is 0 Å². The monoisotopic (exact) mass is 543 g/mol. The van der Waals surface area contributed by atoms with E-state index in [2.05, 4.69) is 151 Å². The molecule has 202 valence electrons. The molecule has 40 heavy (non-hydrogen) atoms. The average molecular weight is 544 g/mol. The Labute approximate surface area is 240 Å². The van der Waals surface area contributed by atoms with Crippen molar-refractivity contribution in [3.8, 4) is 5.75 Å². The lowest BCUT2D eigenvalue weighted by molar-refractivity contribution is 0.444. The molecular weight excluding hydrogens is 505 g/mol. The van der Waals surface area contributed by atoms with E-state index in [1.807, 2.05) is 6.21 Å². The van der Waals surface area contributed by atoms with Gasteiger partial charge in [-0.15, -0.1) is 0 Å². The molecule has 3 heteroatoms. The predicted octanol–water partition coefficient (Wildman–Crippen LogP) is 8.65. The fourth-order valence-electron chi connectivity index (χ4n) is 4.98. The second-order valence-electron chi connectivity index (χ2n) is 12.4. The van der Waals surface area contributed by atoms with Gasteiger partial charge in [-0.3, -0.25) is 4.99 Å². The molecule has 0 unspecified atom stereocenters. The Bertz CT molecular complexity index is 1620. The number of aliphatic imine (C=N–C) groups is 1. The molecule has 5 aromatic rings. The maximum Gasteiger partial charge on any atom is 0.128 e. The molecule has 0 bridgehead atoms. The molecule has 0 heterocycles. The third-order valence-corrected chi connectivity index (χ3v) is 9.74. The van der Waals surface area contributed by atoms with Crippen molar-refractivity contribution in [1.29, 1.82) is 0 Å². The first-order valence-electron chi connectivity index (χ1n) is 13.9. The molecular formula is C37H38NOP. The summed E-state index contributed by atoms with van der Waals surface area (Å²) in [7, 11) is -0.854. The maximum absolute atomic E-state index is 11.4. The normalized spacial score (nSPS) is 12.5. The second-order valence-corrected chi connectivity index (χ2v) is 14.6. The van der Waals surface area contributed by atoms with Crippen LogP contribution < -0.4 is 15.9 Å². The first-order chi connectivity index (χ1) is 19.0. The summed E-state index contributed by atoms with van der Waals surface area (Å²) in [6, 6.07) is 38.7. The minimum Gasteiger partial charge on any atom is -0.507 e. The maximum atomic E-state index is 11.4. The van der Waals surface area contributed by atoms with Gasteiger partial charge in [-0.25, -0.2) is 0 Å². The number of rotatable bonds is 5. The lowest BCUT2D eigenvalue weighted by Gasteiger charge is -2.27. The predicted molar refractivity (Wildman–Crippen MR) is 175 cm³/mol. The first-order valence-corrected chi connectivity index (χ1v) is 15.2. The summed E-state index contributed by atoms with van der Waals surface area (Å²) < 4.78 is 0. The van der Waals surface area contributed by atoms with Gasteiger partial charge in [0.2, 0.25) is 0 Å². The van der Waals surface area contributed by atoms with Crippen LogP contribution in [0.3, 0.4) is 0 Å². The van der Waals surface area contributed by atoms with Crippen LogP contribution >= 0.6 is 7.92 Å². The Kier molecular flexibility index (Phi) is 7.67. The van der Waals surface area contributed by atoms with Crippen LogP contribution in [0.5, 0.6) is 5.75 Å². The summed E-state index contributed by atoms with van der Waals surface area (Å²) in [5.41, 5.74) is 3.55. The lowest BCUT2D eigenvalue weighted by Crippen LogP contribution is -2.21. The summed E-state index contributed by atoms with van der Waals surface area (Å²) in [5, 5.41) is 17.5. The number of hydrogen-bond acceptors (Lipinski definition) is 2. The van der Waals surface area contributed by atoms with Gasteiger partial charge in [-0.2, -0.15) is 0 Å². The standard InChI is InChI=1S/C37H38NOP/c1-36(2,3)29-21-28(35(39)32(24-29)37(4,5)6)25-38-33-22-26-15-13-14-16-27(26)23-34(33)40(30-17-9-7-10-18-30)31-19-11-8-12-20-31/h7-25,39H,1-6H3. The van der Waals surface area contributed by atoms with Gasteiger partial charge in [0.1, 0.15) is 5.75 Å². The van der Waals surface area contributed by atoms with E-state index in [0.29, 0.717) is 5.75 Å². The summed E-state index contributed by atoms with van der Waals surface area (Å²) in [4.78, 5) is 5.14. The highest BCUT2D eigenvalue weighted by Gasteiger charge is 2.25. The van der Waals surface area contributed by atoms with Gasteiger partial charge in [-0.1, -0.05) is 133 Å². The number of benzene rings is 5. The van der Waals surface area contributed by atoms with Crippen LogP contribution in [0.15, 0.2) is 114 Å². The van der Waals surface area contributed by atoms with E-state index in [0.717, 1.165) is 22.2 Å². The number of phenolic OH excluding ortho intramolecular Hbond substituents is 1. The van der Waals surface area contributed by atoms with Crippen molar-refractivity contribution in [2.45, 2.75) is 52.4 Å². The highest BCUT2D eigenvalue weighted by molar-refractivity contribution is 7.80. The van der Waals surface area contributed by atoms with Crippen molar-refractivity contribution < 1.29 is 5.11 Å². The van der Waals surface area contributed by atoms with Gasteiger partial charge in [0, 0.05) is 22.6 Å². The Hall–Kier alpha value is -3.74. The van der Waals surface area contributed by atoms with E-state index in [1.165, 1.54) is 26.9 Å². The molecule has 0 aromatic heterocycles. The van der Waals surface area contributed by atoms with Crippen LogP contribution in [0, 0.1) is 0 Å². The largest absolute Gasteiger partial charge is 0.507 e. The van der Waals surface area contributed by atoms with Crippen molar-refractivity contribution in [2.75, 3.05) is 0 Å². The van der Waals surface area contributed by atoms with Crippen LogP contribution in [-0.4, -0.2) is 11.3 Å². The van der Waals surface area contributed by atoms with Crippen LogP contribution in [-0.2, 0) is 10.8 Å². The third-order valence-electron chi connectivity index (χ3n) is 7.27. The quantitative estimate of drug-likeness (QED) is 0.175. The van der Waals surface area contributed by atoms with Crippen molar-refractivity contribution in [2.24, 2.45) is 4.99 Å². The molecule has 2 nitrogen and oxygen atoms in total. The van der Waals surface area contributed by atoms with Crippen LogP contribution in [0.1, 0.15) is 58.2 Å². The lowest BCUT2D eigenvalue weighted by atomic mass is 9.79. The van der Waals surface area contributed by atoms with E-state index < -0.39 is 7.92 Å². The zero-order valence-electron chi connectivity index (χ0n) is 24.3. The van der Waals surface area contributed by atoms with Crippen LogP contribution in [0.4, 0.5) is 5.69 Å². The van der Waals surface area contributed by atoms with Crippen molar-refractivity contribution in [3.05, 3.63) is 126 Å². The molecule has 0 saturated carbocycles. The fraction of sp³-hybridized carbons (Fsp3) is 0.216. The Morgan fingerprint density at radius 2 is 1.15 bits per heavy atom. The van der Waals surface area contributed by atoms with Crippen molar-refractivity contribution >= 4 is 46.5 Å². The molecule has 5 aromatic carbocycles. The fourth-order valence-corrected chi connectivity index (χ4v) is 7.39. The van der Waals surface area contributed by atoms with Gasteiger partial charge < -0.3 is 5.11 Å². The van der Waals surface area contributed by atoms with Gasteiger partial charge in [0.05, 0.1) is 5.69 Å². The molecule has 0 fully saturated rings. The molecule has 5 rings (SSSR count).